The summed E-state index contributed by atoms with van der Waals surface area (Å²) in [7, 11) is 0. The van der Waals surface area contributed by atoms with Crippen molar-refractivity contribution in [3.63, 3.8) is 0 Å². The Morgan fingerprint density at radius 2 is 1.73 bits per heavy atom. The number of benzene rings is 2. The lowest BCUT2D eigenvalue weighted by Crippen LogP contribution is -2.25. The number of hydrogen-bond acceptors (Lipinski definition) is 3. The maximum absolute atomic E-state index is 12.9. The topological polar surface area (TPSA) is 73.0 Å². The summed E-state index contributed by atoms with van der Waals surface area (Å²) in [6.07, 6.45) is -0.331. The molecule has 134 valence electrons. The number of hydrogen-bond donors (Lipinski definition) is 1. The van der Waals surface area contributed by atoms with Gasteiger partial charge in [-0.2, -0.15) is 0 Å². The maximum Gasteiger partial charge on any atom is 0.209 e. The summed E-state index contributed by atoms with van der Waals surface area (Å²) in [5.74, 6) is -1.50. The van der Waals surface area contributed by atoms with Crippen molar-refractivity contribution in [3.8, 4) is 0 Å². The molecule has 1 aromatic heterocycles. The number of rotatable bonds is 4. The Morgan fingerprint density at radius 1 is 1.08 bits per heavy atom. The number of fused-ring (bicyclic) bond motifs is 1. The van der Waals surface area contributed by atoms with Crippen LogP contribution in [0, 0.1) is 0 Å². The van der Waals surface area contributed by atoms with E-state index in [0.29, 0.717) is 16.1 Å². The number of carbonyl (C=O) groups excluding carboxylic acids is 2. The summed E-state index contributed by atoms with van der Waals surface area (Å²) >= 11 is 5.88. The number of aromatic nitrogens is 1. The van der Waals surface area contributed by atoms with E-state index in [-0.39, 0.29) is 23.3 Å². The van der Waals surface area contributed by atoms with E-state index in [1.165, 1.54) is 0 Å². The van der Waals surface area contributed by atoms with Gasteiger partial charge in [0.05, 0.1) is 5.69 Å². The Bertz CT molecular complexity index is 995. The molecule has 0 aliphatic carbocycles. The van der Waals surface area contributed by atoms with Gasteiger partial charge in [0.2, 0.25) is 5.78 Å². The van der Waals surface area contributed by atoms with E-state index in [2.05, 4.69) is 25.8 Å². The summed E-state index contributed by atoms with van der Waals surface area (Å²) in [4.78, 5) is 27.3. The van der Waals surface area contributed by atoms with Crippen molar-refractivity contribution >= 4 is 34.3 Å². The molecular weight excluding hydrogens is 350 g/mol. The fraction of sp³-hybridized carbons (Fsp3) is 0.238. The van der Waals surface area contributed by atoms with Crippen LogP contribution in [0.2, 0.25) is 5.02 Å². The molecule has 1 N–H and O–H groups in total. The first-order valence-corrected chi connectivity index (χ1v) is 8.70. The van der Waals surface area contributed by atoms with Crippen LogP contribution in [0.4, 0.5) is 0 Å². The molecule has 0 spiro atoms. The SMILES string of the molecule is CC(C)(C)c1ccc2[nH]c(C(=O)c3ccc(Cl)cc3)c(CC(=O)[O-])c2c1. The fourth-order valence-corrected chi connectivity index (χ4v) is 3.11. The monoisotopic (exact) mass is 368 g/mol. The summed E-state index contributed by atoms with van der Waals surface area (Å²) < 4.78 is 0. The van der Waals surface area contributed by atoms with Crippen molar-refractivity contribution in [2.75, 3.05) is 0 Å². The molecule has 26 heavy (non-hydrogen) atoms. The van der Waals surface area contributed by atoms with Crippen LogP contribution >= 0.6 is 11.6 Å². The van der Waals surface area contributed by atoms with E-state index in [9.17, 15) is 14.7 Å². The number of nitrogens with one attached hydrogen (secondary N) is 1. The molecule has 0 aliphatic heterocycles. The van der Waals surface area contributed by atoms with Gasteiger partial charge in [-0.25, -0.2) is 0 Å². The minimum Gasteiger partial charge on any atom is -0.550 e. The average molecular weight is 369 g/mol. The van der Waals surface area contributed by atoms with E-state index < -0.39 is 5.97 Å². The molecule has 5 heteroatoms. The molecule has 0 bridgehead atoms. The third-order valence-electron chi connectivity index (χ3n) is 4.43. The quantitative estimate of drug-likeness (QED) is 0.714. The van der Waals surface area contributed by atoms with Crippen molar-refractivity contribution in [1.82, 2.24) is 4.98 Å². The summed E-state index contributed by atoms with van der Waals surface area (Å²) in [6.45, 7) is 6.25. The van der Waals surface area contributed by atoms with E-state index in [4.69, 9.17) is 11.6 Å². The van der Waals surface area contributed by atoms with Gasteiger partial charge in [-0.15, -0.1) is 0 Å². The Hall–Kier alpha value is -2.59. The predicted octanol–water partition coefficient (Wildman–Crippen LogP) is 3.64. The van der Waals surface area contributed by atoms with Gasteiger partial charge in [0.15, 0.2) is 0 Å². The van der Waals surface area contributed by atoms with Crippen molar-refractivity contribution in [3.05, 3.63) is 69.9 Å². The molecule has 4 nitrogen and oxygen atoms in total. The molecule has 3 aromatic rings. The van der Waals surface area contributed by atoms with Crippen molar-refractivity contribution in [2.45, 2.75) is 32.6 Å². The summed E-state index contributed by atoms with van der Waals surface area (Å²) in [5, 5.41) is 12.6. The molecule has 0 amide bonds. The smallest absolute Gasteiger partial charge is 0.209 e. The molecular formula is C21H19ClNO3-. The lowest BCUT2D eigenvalue weighted by Gasteiger charge is -2.19. The van der Waals surface area contributed by atoms with Gasteiger partial charge in [-0.05, 0) is 52.9 Å². The number of carboxylic acid groups (broad SMARTS) is 1. The normalized spacial score (nSPS) is 11.7. The standard InChI is InChI=1S/C21H20ClNO3/c1-21(2,3)13-6-9-17-15(10-13)16(11-18(24)25)19(23-17)20(26)12-4-7-14(22)8-5-12/h4-10,23H,11H2,1-3H3,(H,24,25)/p-1. The van der Waals surface area contributed by atoms with Crippen LogP contribution in [0.1, 0.15) is 48.0 Å². The molecule has 1 heterocycles. The third kappa shape index (κ3) is 3.51. The molecule has 3 rings (SSSR count). The Labute approximate surface area is 156 Å². The van der Waals surface area contributed by atoms with Crippen LogP contribution < -0.4 is 5.11 Å². The Kier molecular flexibility index (Phi) is 4.63. The number of halogens is 1. The Morgan fingerprint density at radius 3 is 2.31 bits per heavy atom. The van der Waals surface area contributed by atoms with Crippen molar-refractivity contribution in [2.24, 2.45) is 0 Å². The van der Waals surface area contributed by atoms with Gasteiger partial charge in [0.1, 0.15) is 0 Å². The van der Waals surface area contributed by atoms with Gasteiger partial charge in [-0.3, -0.25) is 4.79 Å². The predicted molar refractivity (Wildman–Crippen MR) is 101 cm³/mol. The number of aliphatic carboxylic acids is 1. The Balaban J connectivity index is 2.19. The molecule has 0 radical (unpaired) electrons. The van der Waals surface area contributed by atoms with E-state index in [1.54, 1.807) is 24.3 Å². The number of carboxylic acids is 1. The van der Waals surface area contributed by atoms with Crippen LogP contribution in [0.15, 0.2) is 42.5 Å². The van der Waals surface area contributed by atoms with Crippen LogP contribution in [0.3, 0.4) is 0 Å². The lowest BCUT2D eigenvalue weighted by molar-refractivity contribution is -0.304. The zero-order chi connectivity index (χ0) is 19.1. The minimum absolute atomic E-state index is 0.0927. The van der Waals surface area contributed by atoms with Crippen LogP contribution in [-0.2, 0) is 16.6 Å². The molecule has 0 aliphatic rings. The van der Waals surface area contributed by atoms with Crippen LogP contribution in [0.25, 0.3) is 10.9 Å². The van der Waals surface area contributed by atoms with Gasteiger partial charge >= 0.3 is 0 Å². The zero-order valence-corrected chi connectivity index (χ0v) is 15.6. The first kappa shape index (κ1) is 18.2. The number of H-pyrrole nitrogens is 1. The van der Waals surface area contributed by atoms with Gasteiger partial charge < -0.3 is 14.9 Å². The summed E-state index contributed by atoms with van der Waals surface area (Å²) in [5.41, 5.74) is 2.87. The van der Waals surface area contributed by atoms with E-state index in [1.807, 2.05) is 18.2 Å². The fourth-order valence-electron chi connectivity index (χ4n) is 2.98. The molecule has 2 aromatic carbocycles. The first-order chi connectivity index (χ1) is 12.2. The largest absolute Gasteiger partial charge is 0.550 e. The van der Waals surface area contributed by atoms with Crippen molar-refractivity contribution < 1.29 is 14.7 Å². The van der Waals surface area contributed by atoms with Crippen LogP contribution in [0.5, 0.6) is 0 Å². The second-order valence-corrected chi connectivity index (χ2v) is 7.81. The lowest BCUT2D eigenvalue weighted by atomic mass is 9.86. The molecule has 0 saturated carbocycles. The molecule has 0 atom stereocenters. The second-order valence-electron chi connectivity index (χ2n) is 7.37. The highest BCUT2D eigenvalue weighted by Crippen LogP contribution is 2.30. The van der Waals surface area contributed by atoms with Gasteiger partial charge in [-0.1, -0.05) is 38.4 Å². The highest BCUT2D eigenvalue weighted by Gasteiger charge is 2.21. The number of ketones is 1. The summed E-state index contributed by atoms with van der Waals surface area (Å²) in [6, 6.07) is 12.3. The highest BCUT2D eigenvalue weighted by molar-refractivity contribution is 6.30. The highest BCUT2D eigenvalue weighted by atomic mass is 35.5. The minimum atomic E-state index is -1.22. The van der Waals surface area contributed by atoms with Gasteiger partial charge in [0.25, 0.3) is 0 Å². The molecule has 0 saturated heterocycles. The number of aromatic amines is 1. The molecule has 0 fully saturated rings. The van der Waals surface area contributed by atoms with Crippen molar-refractivity contribution in [1.29, 1.82) is 0 Å². The van der Waals surface area contributed by atoms with E-state index >= 15 is 0 Å². The number of carbonyl (C=O) groups is 2. The van der Waals surface area contributed by atoms with E-state index in [0.717, 1.165) is 16.5 Å². The maximum atomic E-state index is 12.9. The zero-order valence-electron chi connectivity index (χ0n) is 14.9. The molecule has 0 unspecified atom stereocenters. The second kappa shape index (κ2) is 6.61. The third-order valence-corrected chi connectivity index (χ3v) is 4.68. The first-order valence-electron chi connectivity index (χ1n) is 8.32. The van der Waals surface area contributed by atoms with Gasteiger partial charge in [0, 0.05) is 33.9 Å². The average Bonchev–Trinajstić information content (AvgIpc) is 2.91. The van der Waals surface area contributed by atoms with Crippen LogP contribution in [-0.4, -0.2) is 16.7 Å².